The predicted molar refractivity (Wildman–Crippen MR) is 52.1 cm³/mol. The zero-order valence-corrected chi connectivity index (χ0v) is 8.61. The molecule has 0 aliphatic rings. The van der Waals surface area contributed by atoms with E-state index in [1.807, 2.05) is 0 Å². The molecule has 0 atom stereocenters. The average Bonchev–Trinajstić information content (AvgIpc) is 2.16. The quantitative estimate of drug-likeness (QED) is 0.811. The third-order valence-corrected chi connectivity index (χ3v) is 1.91. The zero-order valence-electron chi connectivity index (χ0n) is 8.61. The standard InChI is InChI=1S/C10H11F3N2O/c1-14-5-10(16)15-4-7-8(12)2-6(11)3-9(7)13/h2-3,14H,4-5H2,1H3,(H,15,16). The van der Waals surface area contributed by atoms with Crippen LogP contribution in [0.4, 0.5) is 13.2 Å². The van der Waals surface area contributed by atoms with Gasteiger partial charge >= 0.3 is 0 Å². The number of nitrogens with one attached hydrogen (secondary N) is 2. The molecule has 6 heteroatoms. The van der Waals surface area contributed by atoms with E-state index in [9.17, 15) is 18.0 Å². The molecule has 0 heterocycles. The highest BCUT2D eigenvalue weighted by molar-refractivity contribution is 5.77. The Balaban J connectivity index is 2.70. The van der Waals surface area contributed by atoms with Gasteiger partial charge in [-0.05, 0) is 7.05 Å². The average molecular weight is 232 g/mol. The lowest BCUT2D eigenvalue weighted by molar-refractivity contribution is -0.120. The van der Waals surface area contributed by atoms with Crippen LogP contribution in [0.15, 0.2) is 12.1 Å². The summed E-state index contributed by atoms with van der Waals surface area (Å²) in [5.41, 5.74) is -0.356. The Morgan fingerprint density at radius 1 is 1.25 bits per heavy atom. The molecule has 1 amide bonds. The molecule has 0 radical (unpaired) electrons. The number of halogens is 3. The monoisotopic (exact) mass is 232 g/mol. The van der Waals surface area contributed by atoms with Gasteiger partial charge in [0.1, 0.15) is 17.5 Å². The highest BCUT2D eigenvalue weighted by Crippen LogP contribution is 2.14. The van der Waals surface area contributed by atoms with Crippen LogP contribution in [0.1, 0.15) is 5.56 Å². The van der Waals surface area contributed by atoms with Gasteiger partial charge in [0.25, 0.3) is 0 Å². The summed E-state index contributed by atoms with van der Waals surface area (Å²) in [6.07, 6.45) is 0. The molecule has 1 aromatic carbocycles. The number of hydrogen-bond donors (Lipinski definition) is 2. The molecule has 0 saturated heterocycles. The summed E-state index contributed by atoms with van der Waals surface area (Å²) >= 11 is 0. The number of carbonyl (C=O) groups excluding carboxylic acids is 1. The van der Waals surface area contributed by atoms with Crippen molar-refractivity contribution >= 4 is 5.91 Å². The molecule has 1 aromatic rings. The summed E-state index contributed by atoms with van der Waals surface area (Å²) in [6.45, 7) is -0.261. The van der Waals surface area contributed by atoms with Crippen LogP contribution in [0.3, 0.4) is 0 Å². The first-order valence-electron chi connectivity index (χ1n) is 4.59. The van der Waals surface area contributed by atoms with E-state index in [0.29, 0.717) is 12.1 Å². The minimum atomic E-state index is -1.01. The molecule has 1 rings (SSSR count). The smallest absolute Gasteiger partial charge is 0.234 e. The molecule has 3 nitrogen and oxygen atoms in total. The summed E-state index contributed by atoms with van der Waals surface area (Å²) in [6, 6.07) is 1.14. The van der Waals surface area contributed by atoms with E-state index in [-0.39, 0.29) is 18.7 Å². The summed E-state index contributed by atoms with van der Waals surface area (Å²) in [5, 5.41) is 4.88. The fourth-order valence-corrected chi connectivity index (χ4v) is 1.15. The van der Waals surface area contributed by atoms with Crippen molar-refractivity contribution in [2.45, 2.75) is 6.54 Å². The summed E-state index contributed by atoms with van der Waals surface area (Å²) < 4.78 is 38.8. The molecule has 0 aromatic heterocycles. The molecule has 0 aliphatic carbocycles. The maximum atomic E-state index is 13.1. The van der Waals surface area contributed by atoms with E-state index >= 15 is 0 Å². The van der Waals surface area contributed by atoms with Crippen molar-refractivity contribution in [3.63, 3.8) is 0 Å². The van der Waals surface area contributed by atoms with Crippen molar-refractivity contribution in [3.8, 4) is 0 Å². The SMILES string of the molecule is CNCC(=O)NCc1c(F)cc(F)cc1F. The topological polar surface area (TPSA) is 41.1 Å². The minimum Gasteiger partial charge on any atom is -0.351 e. The first-order valence-corrected chi connectivity index (χ1v) is 4.59. The van der Waals surface area contributed by atoms with Crippen LogP contribution in [0, 0.1) is 17.5 Å². The predicted octanol–water partition coefficient (Wildman–Crippen LogP) is 0.939. The first kappa shape index (κ1) is 12.5. The largest absolute Gasteiger partial charge is 0.351 e. The van der Waals surface area contributed by atoms with Gasteiger partial charge in [-0.15, -0.1) is 0 Å². The molecular weight excluding hydrogens is 221 g/mol. The molecule has 0 aliphatic heterocycles. The lowest BCUT2D eigenvalue weighted by Gasteiger charge is -2.07. The number of rotatable bonds is 4. The third-order valence-electron chi connectivity index (χ3n) is 1.91. The van der Waals surface area contributed by atoms with Crippen LogP contribution in [0.5, 0.6) is 0 Å². The second-order valence-electron chi connectivity index (χ2n) is 3.16. The number of benzene rings is 1. The van der Waals surface area contributed by atoms with Gasteiger partial charge in [-0.1, -0.05) is 0 Å². The number of likely N-dealkylation sites (N-methyl/N-ethyl adjacent to an activating group) is 1. The first-order chi connectivity index (χ1) is 7.54. The Kier molecular flexibility index (Phi) is 4.30. The minimum absolute atomic E-state index is 0.0461. The van der Waals surface area contributed by atoms with Crippen LogP contribution in [0.2, 0.25) is 0 Å². The van der Waals surface area contributed by atoms with E-state index in [4.69, 9.17) is 0 Å². The van der Waals surface area contributed by atoms with Gasteiger partial charge < -0.3 is 10.6 Å². The van der Waals surface area contributed by atoms with Crippen molar-refractivity contribution in [1.82, 2.24) is 10.6 Å². The summed E-state index contributed by atoms with van der Waals surface area (Å²) in [7, 11) is 1.57. The second kappa shape index (κ2) is 5.50. The Hall–Kier alpha value is -1.56. The van der Waals surface area contributed by atoms with Crippen LogP contribution in [0.25, 0.3) is 0 Å². The molecule has 88 valence electrons. The van der Waals surface area contributed by atoms with Gasteiger partial charge in [0.2, 0.25) is 5.91 Å². The third kappa shape index (κ3) is 3.23. The zero-order chi connectivity index (χ0) is 12.1. The van der Waals surface area contributed by atoms with E-state index in [0.717, 1.165) is 0 Å². The Bertz CT molecular complexity index is 373. The lowest BCUT2D eigenvalue weighted by atomic mass is 10.2. The van der Waals surface area contributed by atoms with Crippen LogP contribution in [-0.4, -0.2) is 19.5 Å². The maximum absolute atomic E-state index is 13.1. The van der Waals surface area contributed by atoms with Gasteiger partial charge in [0.15, 0.2) is 0 Å². The van der Waals surface area contributed by atoms with E-state index in [1.165, 1.54) is 0 Å². The van der Waals surface area contributed by atoms with Crippen LogP contribution >= 0.6 is 0 Å². The number of amides is 1. The fraction of sp³-hybridized carbons (Fsp3) is 0.300. The molecule has 2 N–H and O–H groups in total. The van der Waals surface area contributed by atoms with Gasteiger partial charge in [-0.3, -0.25) is 4.79 Å². The molecule has 16 heavy (non-hydrogen) atoms. The normalized spacial score (nSPS) is 10.2. The van der Waals surface area contributed by atoms with Crippen molar-refractivity contribution in [2.24, 2.45) is 0 Å². The Morgan fingerprint density at radius 3 is 2.31 bits per heavy atom. The van der Waals surface area contributed by atoms with E-state index < -0.39 is 23.4 Å². The fourth-order valence-electron chi connectivity index (χ4n) is 1.15. The van der Waals surface area contributed by atoms with E-state index in [1.54, 1.807) is 7.05 Å². The Morgan fingerprint density at radius 2 is 1.81 bits per heavy atom. The number of hydrogen-bond acceptors (Lipinski definition) is 2. The van der Waals surface area contributed by atoms with Crippen LogP contribution < -0.4 is 10.6 Å². The van der Waals surface area contributed by atoms with Gasteiger partial charge in [-0.2, -0.15) is 0 Å². The highest BCUT2D eigenvalue weighted by atomic mass is 19.1. The molecule has 0 saturated carbocycles. The Labute approximate surface area is 90.6 Å². The summed E-state index contributed by atoms with van der Waals surface area (Å²) in [5.74, 6) is -3.41. The van der Waals surface area contributed by atoms with Gasteiger partial charge in [0.05, 0.1) is 6.54 Å². The van der Waals surface area contributed by atoms with Crippen molar-refractivity contribution in [1.29, 1.82) is 0 Å². The lowest BCUT2D eigenvalue weighted by Crippen LogP contribution is -2.32. The van der Waals surface area contributed by atoms with Gasteiger partial charge in [-0.25, -0.2) is 13.2 Å². The molecule has 0 fully saturated rings. The van der Waals surface area contributed by atoms with Crippen molar-refractivity contribution in [3.05, 3.63) is 35.1 Å². The molecule has 0 spiro atoms. The van der Waals surface area contributed by atoms with Crippen molar-refractivity contribution < 1.29 is 18.0 Å². The van der Waals surface area contributed by atoms with E-state index in [2.05, 4.69) is 10.6 Å². The van der Waals surface area contributed by atoms with Gasteiger partial charge in [0, 0.05) is 24.2 Å². The molecule has 0 unspecified atom stereocenters. The molecular formula is C10H11F3N2O. The van der Waals surface area contributed by atoms with Crippen molar-refractivity contribution in [2.75, 3.05) is 13.6 Å². The highest BCUT2D eigenvalue weighted by Gasteiger charge is 2.12. The summed E-state index contributed by atoms with van der Waals surface area (Å²) in [4.78, 5) is 11.0. The van der Waals surface area contributed by atoms with Crippen LogP contribution in [-0.2, 0) is 11.3 Å². The second-order valence-corrected chi connectivity index (χ2v) is 3.16. The number of carbonyl (C=O) groups is 1. The maximum Gasteiger partial charge on any atom is 0.234 e. The molecule has 0 bridgehead atoms.